The maximum atomic E-state index is 12.1. The van der Waals surface area contributed by atoms with Crippen molar-refractivity contribution >= 4 is 11.4 Å². The van der Waals surface area contributed by atoms with Crippen molar-refractivity contribution in [3.63, 3.8) is 0 Å². The lowest BCUT2D eigenvalue weighted by molar-refractivity contribution is 0.0641. The molecule has 118 valence electrons. The first-order chi connectivity index (χ1) is 10.7. The van der Waals surface area contributed by atoms with Gasteiger partial charge in [-0.2, -0.15) is 0 Å². The lowest BCUT2D eigenvalue weighted by atomic mass is 9.83. The number of aliphatic hydroxyl groups excluding tert-OH is 1. The minimum atomic E-state index is -0.145. The number of hydrogen-bond acceptors (Lipinski definition) is 3. The monoisotopic (exact) mass is 301 g/mol. The molecular weight excluding hydrogens is 278 g/mol. The Morgan fingerprint density at radius 1 is 1.41 bits per heavy atom. The highest BCUT2D eigenvalue weighted by atomic mass is 16.3. The van der Waals surface area contributed by atoms with Crippen LogP contribution in [-0.4, -0.2) is 33.0 Å². The van der Waals surface area contributed by atoms with E-state index in [0.717, 1.165) is 37.6 Å². The molecular formula is C17H23N3O2. The van der Waals surface area contributed by atoms with Crippen molar-refractivity contribution in [3.8, 4) is 0 Å². The fourth-order valence-electron chi connectivity index (χ4n) is 3.25. The van der Waals surface area contributed by atoms with Crippen LogP contribution < -0.4 is 5.32 Å². The molecule has 0 radical (unpaired) electrons. The standard InChI is InChI=1S/C17H23N3O2/c21-16-6-2-1-4-13(16)5-3-8-19-17(22)14-7-9-20-12-18-11-15(20)10-14/h7,9-13,16,21H,1-6,8H2,(H,19,22). The van der Waals surface area contributed by atoms with Crippen molar-refractivity contribution in [3.05, 3.63) is 36.4 Å². The number of fused-ring (bicyclic) bond motifs is 1. The highest BCUT2D eigenvalue weighted by Crippen LogP contribution is 2.27. The summed E-state index contributed by atoms with van der Waals surface area (Å²) in [7, 11) is 0. The molecule has 2 heterocycles. The topological polar surface area (TPSA) is 66.6 Å². The van der Waals surface area contributed by atoms with E-state index in [1.807, 2.05) is 16.7 Å². The maximum Gasteiger partial charge on any atom is 0.251 e. The minimum absolute atomic E-state index is 0.0482. The smallest absolute Gasteiger partial charge is 0.251 e. The molecule has 3 rings (SSSR count). The number of aliphatic hydroxyl groups is 1. The Bertz CT molecular complexity index is 638. The first-order valence-corrected chi connectivity index (χ1v) is 8.12. The highest BCUT2D eigenvalue weighted by molar-refractivity contribution is 5.95. The summed E-state index contributed by atoms with van der Waals surface area (Å²) >= 11 is 0. The van der Waals surface area contributed by atoms with Crippen molar-refractivity contribution in [2.75, 3.05) is 6.54 Å². The van der Waals surface area contributed by atoms with E-state index in [1.54, 1.807) is 18.6 Å². The van der Waals surface area contributed by atoms with Crippen LogP contribution in [0.25, 0.3) is 5.52 Å². The number of amides is 1. The normalized spacial score (nSPS) is 21.9. The van der Waals surface area contributed by atoms with Crippen LogP contribution in [0.3, 0.4) is 0 Å². The zero-order valence-electron chi connectivity index (χ0n) is 12.7. The van der Waals surface area contributed by atoms with Crippen molar-refractivity contribution in [1.29, 1.82) is 0 Å². The third kappa shape index (κ3) is 3.47. The van der Waals surface area contributed by atoms with Crippen molar-refractivity contribution < 1.29 is 9.90 Å². The van der Waals surface area contributed by atoms with Gasteiger partial charge in [-0.25, -0.2) is 4.98 Å². The van der Waals surface area contributed by atoms with Gasteiger partial charge >= 0.3 is 0 Å². The van der Waals surface area contributed by atoms with Gasteiger partial charge in [-0.3, -0.25) is 4.79 Å². The van der Waals surface area contributed by atoms with E-state index in [1.165, 1.54) is 6.42 Å². The molecule has 1 aliphatic carbocycles. The SMILES string of the molecule is O=C(NCCCC1CCCCC1O)c1ccn2cncc2c1. The molecule has 1 saturated carbocycles. The van der Waals surface area contributed by atoms with Gasteiger partial charge < -0.3 is 14.8 Å². The number of carbonyl (C=O) groups excluding carboxylic acids is 1. The number of imidazole rings is 1. The Kier molecular flexibility index (Phi) is 4.73. The van der Waals surface area contributed by atoms with Gasteiger partial charge in [0, 0.05) is 18.3 Å². The average molecular weight is 301 g/mol. The predicted octanol–water partition coefficient (Wildman–Crippen LogP) is 2.40. The Labute approximate surface area is 130 Å². The van der Waals surface area contributed by atoms with Gasteiger partial charge in [0.15, 0.2) is 0 Å². The number of hydrogen-bond donors (Lipinski definition) is 2. The zero-order chi connectivity index (χ0) is 15.4. The number of aromatic nitrogens is 2. The van der Waals surface area contributed by atoms with Gasteiger partial charge in [-0.15, -0.1) is 0 Å². The molecule has 0 spiro atoms. The van der Waals surface area contributed by atoms with E-state index in [2.05, 4.69) is 10.3 Å². The minimum Gasteiger partial charge on any atom is -0.393 e. The number of nitrogens with zero attached hydrogens (tertiary/aromatic N) is 2. The molecule has 2 N–H and O–H groups in total. The maximum absolute atomic E-state index is 12.1. The molecule has 0 saturated heterocycles. The van der Waals surface area contributed by atoms with Crippen LogP contribution in [0.15, 0.2) is 30.9 Å². The molecule has 1 amide bonds. The number of carbonyl (C=O) groups is 1. The van der Waals surface area contributed by atoms with Gasteiger partial charge in [0.1, 0.15) is 0 Å². The van der Waals surface area contributed by atoms with E-state index >= 15 is 0 Å². The molecule has 2 aromatic heterocycles. The molecule has 22 heavy (non-hydrogen) atoms. The van der Waals surface area contributed by atoms with E-state index < -0.39 is 0 Å². The summed E-state index contributed by atoms with van der Waals surface area (Å²) < 4.78 is 1.88. The Balaban J connectivity index is 1.45. The van der Waals surface area contributed by atoms with Crippen LogP contribution in [0.1, 0.15) is 48.9 Å². The van der Waals surface area contributed by atoms with Gasteiger partial charge in [0.05, 0.1) is 24.1 Å². The largest absolute Gasteiger partial charge is 0.393 e. The summed E-state index contributed by atoms with van der Waals surface area (Å²) in [4.78, 5) is 16.2. The molecule has 2 atom stereocenters. The second-order valence-electron chi connectivity index (χ2n) is 6.15. The van der Waals surface area contributed by atoms with Crippen LogP contribution in [-0.2, 0) is 0 Å². The summed E-state index contributed by atoms with van der Waals surface area (Å²) in [5.41, 5.74) is 1.57. The molecule has 5 heteroatoms. The van der Waals surface area contributed by atoms with Gasteiger partial charge in [0.2, 0.25) is 0 Å². The second kappa shape index (κ2) is 6.92. The summed E-state index contributed by atoms with van der Waals surface area (Å²) in [6.45, 7) is 0.659. The highest BCUT2D eigenvalue weighted by Gasteiger charge is 2.22. The van der Waals surface area contributed by atoms with Gasteiger partial charge in [0.25, 0.3) is 5.91 Å². The fraction of sp³-hybridized carbons (Fsp3) is 0.529. The van der Waals surface area contributed by atoms with E-state index in [0.29, 0.717) is 18.0 Å². The van der Waals surface area contributed by atoms with Crippen LogP contribution in [0.4, 0.5) is 0 Å². The van der Waals surface area contributed by atoms with Crippen molar-refractivity contribution in [2.24, 2.45) is 5.92 Å². The van der Waals surface area contributed by atoms with E-state index in [9.17, 15) is 9.90 Å². The predicted molar refractivity (Wildman–Crippen MR) is 84.7 cm³/mol. The summed E-state index contributed by atoms with van der Waals surface area (Å²) in [6, 6.07) is 3.64. The molecule has 2 aromatic rings. The quantitative estimate of drug-likeness (QED) is 0.833. The summed E-state index contributed by atoms with van der Waals surface area (Å²) in [5, 5.41) is 12.9. The molecule has 2 unspecified atom stereocenters. The first-order valence-electron chi connectivity index (χ1n) is 8.12. The number of nitrogens with one attached hydrogen (secondary N) is 1. The van der Waals surface area contributed by atoms with Crippen molar-refractivity contribution in [1.82, 2.24) is 14.7 Å². The number of pyridine rings is 1. The Morgan fingerprint density at radius 2 is 2.27 bits per heavy atom. The lowest BCUT2D eigenvalue weighted by Gasteiger charge is -2.27. The molecule has 1 fully saturated rings. The molecule has 0 aliphatic heterocycles. The Morgan fingerprint density at radius 3 is 3.14 bits per heavy atom. The van der Waals surface area contributed by atoms with Crippen LogP contribution in [0.2, 0.25) is 0 Å². The number of rotatable bonds is 5. The molecule has 0 bridgehead atoms. The molecule has 0 aromatic carbocycles. The lowest BCUT2D eigenvalue weighted by Crippen LogP contribution is -2.28. The third-order valence-corrected chi connectivity index (χ3v) is 4.58. The van der Waals surface area contributed by atoms with E-state index in [4.69, 9.17) is 0 Å². The Hall–Kier alpha value is -1.88. The summed E-state index contributed by atoms with van der Waals surface area (Å²) in [6.07, 6.45) is 11.5. The molecule has 5 nitrogen and oxygen atoms in total. The van der Waals surface area contributed by atoms with Crippen LogP contribution in [0, 0.1) is 5.92 Å². The molecule has 1 aliphatic rings. The van der Waals surface area contributed by atoms with Gasteiger partial charge in [-0.05, 0) is 43.7 Å². The van der Waals surface area contributed by atoms with Crippen molar-refractivity contribution in [2.45, 2.75) is 44.6 Å². The zero-order valence-corrected chi connectivity index (χ0v) is 12.7. The fourth-order valence-corrected chi connectivity index (χ4v) is 3.25. The summed E-state index contributed by atoms with van der Waals surface area (Å²) in [5.74, 6) is 0.363. The van der Waals surface area contributed by atoms with Crippen LogP contribution in [0.5, 0.6) is 0 Å². The first kappa shape index (κ1) is 15.0. The van der Waals surface area contributed by atoms with E-state index in [-0.39, 0.29) is 12.0 Å². The second-order valence-corrected chi connectivity index (χ2v) is 6.15. The third-order valence-electron chi connectivity index (χ3n) is 4.58. The van der Waals surface area contributed by atoms with Gasteiger partial charge in [-0.1, -0.05) is 12.8 Å². The average Bonchev–Trinajstić information content (AvgIpc) is 3.00. The van der Waals surface area contributed by atoms with Crippen LogP contribution >= 0.6 is 0 Å².